The number of hydrogen-bond donors (Lipinski definition) is 1. The molecule has 0 bridgehead atoms. The highest BCUT2D eigenvalue weighted by molar-refractivity contribution is 5.22. The molecule has 0 spiro atoms. The van der Waals surface area contributed by atoms with E-state index >= 15 is 0 Å². The molecule has 2 heterocycles. The van der Waals surface area contributed by atoms with E-state index in [1.807, 2.05) is 10.6 Å². The molecule has 100 valence electrons. The first-order valence-corrected chi connectivity index (χ1v) is 6.35. The smallest absolute Gasteiger partial charge is 0.147 e. The van der Waals surface area contributed by atoms with Crippen molar-refractivity contribution in [2.45, 2.75) is 19.1 Å². The Morgan fingerprint density at radius 1 is 1.32 bits per heavy atom. The van der Waals surface area contributed by atoms with E-state index in [1.54, 1.807) is 18.5 Å². The van der Waals surface area contributed by atoms with Crippen LogP contribution in [0.25, 0.3) is 0 Å². The number of rotatable bonds is 3. The lowest BCUT2D eigenvalue weighted by atomic mass is 10.0. The summed E-state index contributed by atoms with van der Waals surface area (Å²) in [6.07, 6.45) is 1.73. The van der Waals surface area contributed by atoms with E-state index in [0.29, 0.717) is 18.7 Å². The fraction of sp³-hybridized carbons (Fsp3) is 0.385. The largest absolute Gasteiger partial charge is 0.329 e. The normalized spacial score (nSPS) is 17.2. The van der Waals surface area contributed by atoms with Crippen LogP contribution in [0.1, 0.15) is 17.4 Å². The van der Waals surface area contributed by atoms with Crippen molar-refractivity contribution in [3.05, 3.63) is 47.8 Å². The fourth-order valence-corrected chi connectivity index (χ4v) is 2.57. The summed E-state index contributed by atoms with van der Waals surface area (Å²) < 4.78 is 15.9. The zero-order valence-corrected chi connectivity index (χ0v) is 10.5. The van der Waals surface area contributed by atoms with E-state index in [9.17, 15) is 4.39 Å². The highest BCUT2D eigenvalue weighted by Crippen LogP contribution is 2.25. The Morgan fingerprint density at radius 3 is 2.95 bits per heavy atom. The zero-order valence-electron chi connectivity index (χ0n) is 10.5. The van der Waals surface area contributed by atoms with Crippen molar-refractivity contribution in [2.75, 3.05) is 13.1 Å². The maximum atomic E-state index is 13.9. The van der Waals surface area contributed by atoms with Gasteiger partial charge in [-0.05, 0) is 6.07 Å². The Morgan fingerprint density at radius 2 is 2.16 bits per heavy atom. The molecule has 1 aromatic carbocycles. The van der Waals surface area contributed by atoms with Crippen LogP contribution < -0.4 is 5.73 Å². The van der Waals surface area contributed by atoms with Gasteiger partial charge in [-0.25, -0.2) is 4.39 Å². The van der Waals surface area contributed by atoms with Crippen LogP contribution in [-0.4, -0.2) is 32.8 Å². The van der Waals surface area contributed by atoms with Crippen molar-refractivity contribution in [1.29, 1.82) is 0 Å². The maximum absolute atomic E-state index is 13.9. The monoisotopic (exact) mass is 261 g/mol. The molecule has 1 aliphatic rings. The molecule has 3 rings (SSSR count). The Kier molecular flexibility index (Phi) is 3.27. The summed E-state index contributed by atoms with van der Waals surface area (Å²) in [5, 5.41) is 7.97. The molecule has 1 aromatic heterocycles. The lowest BCUT2D eigenvalue weighted by Crippen LogP contribution is -2.40. The minimum absolute atomic E-state index is 0.119. The molecule has 0 saturated carbocycles. The van der Waals surface area contributed by atoms with Crippen LogP contribution in [-0.2, 0) is 13.1 Å². The van der Waals surface area contributed by atoms with Gasteiger partial charge in [0.2, 0.25) is 0 Å². The quantitative estimate of drug-likeness (QED) is 0.893. The summed E-state index contributed by atoms with van der Waals surface area (Å²) in [6.45, 7) is 2.67. The number of nitrogens with two attached hydrogens (primary N) is 1. The molecular weight excluding hydrogens is 245 g/mol. The van der Waals surface area contributed by atoms with Gasteiger partial charge in [0.15, 0.2) is 0 Å². The first-order valence-electron chi connectivity index (χ1n) is 6.35. The highest BCUT2D eigenvalue weighted by Gasteiger charge is 2.26. The molecule has 0 saturated heterocycles. The number of hydrogen-bond acceptors (Lipinski definition) is 4. The minimum atomic E-state index is -0.204. The number of nitrogens with zero attached hydrogens (tertiary/aromatic N) is 4. The average Bonchev–Trinajstić information content (AvgIpc) is 2.89. The van der Waals surface area contributed by atoms with Gasteiger partial charge >= 0.3 is 0 Å². The Hall–Kier alpha value is -1.79. The number of halogens is 1. The molecular formula is C13H16FN5. The van der Waals surface area contributed by atoms with Crippen molar-refractivity contribution in [3.63, 3.8) is 0 Å². The van der Waals surface area contributed by atoms with Crippen LogP contribution in [0.3, 0.4) is 0 Å². The SMILES string of the molecule is NCC(c1ccccc1F)N1CCn2cnnc2C1. The fourth-order valence-electron chi connectivity index (χ4n) is 2.57. The molecule has 0 amide bonds. The van der Waals surface area contributed by atoms with Crippen molar-refractivity contribution < 1.29 is 4.39 Å². The van der Waals surface area contributed by atoms with E-state index in [4.69, 9.17) is 5.73 Å². The summed E-state index contributed by atoms with van der Waals surface area (Å²) >= 11 is 0. The topological polar surface area (TPSA) is 60.0 Å². The molecule has 19 heavy (non-hydrogen) atoms. The molecule has 5 nitrogen and oxygen atoms in total. The van der Waals surface area contributed by atoms with Crippen LogP contribution >= 0.6 is 0 Å². The van der Waals surface area contributed by atoms with Gasteiger partial charge in [0.25, 0.3) is 0 Å². The molecule has 1 unspecified atom stereocenters. The molecule has 2 aromatic rings. The van der Waals surface area contributed by atoms with E-state index in [-0.39, 0.29) is 11.9 Å². The predicted molar refractivity (Wildman–Crippen MR) is 68.6 cm³/mol. The van der Waals surface area contributed by atoms with Crippen molar-refractivity contribution in [3.8, 4) is 0 Å². The highest BCUT2D eigenvalue weighted by atomic mass is 19.1. The molecule has 6 heteroatoms. The predicted octanol–water partition coefficient (Wildman–Crippen LogP) is 0.933. The molecule has 2 N–H and O–H groups in total. The van der Waals surface area contributed by atoms with Crippen LogP contribution in [0.15, 0.2) is 30.6 Å². The Bertz CT molecular complexity index is 568. The number of fused-ring (bicyclic) bond motifs is 1. The summed E-state index contributed by atoms with van der Waals surface area (Å²) in [5.41, 5.74) is 6.50. The van der Waals surface area contributed by atoms with Crippen LogP contribution in [0.5, 0.6) is 0 Å². The number of benzene rings is 1. The standard InChI is InChI=1S/C13H16FN5/c14-11-4-2-1-3-10(11)12(7-15)18-5-6-19-9-16-17-13(19)8-18/h1-4,9,12H,5-8,15H2. The van der Waals surface area contributed by atoms with E-state index in [2.05, 4.69) is 15.1 Å². The Labute approximate surface area is 110 Å². The average molecular weight is 261 g/mol. The second-order valence-corrected chi connectivity index (χ2v) is 4.68. The van der Waals surface area contributed by atoms with Gasteiger partial charge in [0.05, 0.1) is 12.6 Å². The van der Waals surface area contributed by atoms with E-state index in [0.717, 1.165) is 18.9 Å². The first-order chi connectivity index (χ1) is 9.29. The van der Waals surface area contributed by atoms with Gasteiger partial charge in [0.1, 0.15) is 18.0 Å². The third kappa shape index (κ3) is 2.24. The Balaban J connectivity index is 1.86. The third-order valence-corrected chi connectivity index (χ3v) is 3.60. The second-order valence-electron chi connectivity index (χ2n) is 4.68. The molecule has 0 aliphatic carbocycles. The van der Waals surface area contributed by atoms with Crippen LogP contribution in [0, 0.1) is 5.82 Å². The van der Waals surface area contributed by atoms with Crippen molar-refractivity contribution >= 4 is 0 Å². The molecule has 1 aliphatic heterocycles. The lowest BCUT2D eigenvalue weighted by Gasteiger charge is -2.34. The van der Waals surface area contributed by atoms with Gasteiger partial charge in [-0.1, -0.05) is 18.2 Å². The molecule has 1 atom stereocenters. The van der Waals surface area contributed by atoms with Gasteiger partial charge in [0, 0.05) is 25.2 Å². The van der Waals surface area contributed by atoms with Gasteiger partial charge in [-0.15, -0.1) is 10.2 Å². The van der Waals surface area contributed by atoms with Crippen molar-refractivity contribution in [2.24, 2.45) is 5.73 Å². The van der Waals surface area contributed by atoms with Gasteiger partial charge in [-0.2, -0.15) is 0 Å². The first kappa shape index (κ1) is 12.3. The second kappa shape index (κ2) is 5.07. The lowest BCUT2D eigenvalue weighted by molar-refractivity contribution is 0.153. The molecule has 0 fully saturated rings. The number of aromatic nitrogens is 3. The van der Waals surface area contributed by atoms with Gasteiger partial charge < -0.3 is 10.3 Å². The van der Waals surface area contributed by atoms with Crippen LogP contribution in [0.4, 0.5) is 4.39 Å². The summed E-state index contributed by atoms with van der Waals surface area (Å²) in [5.74, 6) is 0.700. The van der Waals surface area contributed by atoms with Gasteiger partial charge in [-0.3, -0.25) is 4.90 Å². The van der Waals surface area contributed by atoms with E-state index in [1.165, 1.54) is 6.07 Å². The van der Waals surface area contributed by atoms with E-state index < -0.39 is 0 Å². The van der Waals surface area contributed by atoms with Crippen LogP contribution in [0.2, 0.25) is 0 Å². The minimum Gasteiger partial charge on any atom is -0.329 e. The third-order valence-electron chi connectivity index (χ3n) is 3.60. The zero-order chi connectivity index (χ0) is 13.2. The molecule has 0 radical (unpaired) electrons. The summed E-state index contributed by atoms with van der Waals surface area (Å²) in [7, 11) is 0. The summed E-state index contributed by atoms with van der Waals surface area (Å²) in [6, 6.07) is 6.69. The summed E-state index contributed by atoms with van der Waals surface area (Å²) in [4.78, 5) is 2.16. The van der Waals surface area contributed by atoms with Crippen molar-refractivity contribution in [1.82, 2.24) is 19.7 Å². The maximum Gasteiger partial charge on any atom is 0.147 e.